The van der Waals surface area contributed by atoms with E-state index in [0.29, 0.717) is 6.04 Å². The van der Waals surface area contributed by atoms with Crippen LogP contribution < -0.4 is 4.72 Å². The van der Waals surface area contributed by atoms with Gasteiger partial charge in [0.25, 0.3) is 0 Å². The van der Waals surface area contributed by atoms with Crippen LogP contribution in [0.5, 0.6) is 0 Å². The molecule has 0 radical (unpaired) electrons. The Labute approximate surface area is 147 Å². The number of aryl methyl sites for hydroxylation is 1. The van der Waals surface area contributed by atoms with Gasteiger partial charge in [0.1, 0.15) is 0 Å². The highest BCUT2D eigenvalue weighted by atomic mass is 32.2. The average Bonchev–Trinajstić information content (AvgIpc) is 2.59. The lowest BCUT2D eigenvalue weighted by atomic mass is 9.84. The Balaban J connectivity index is 2.25. The Morgan fingerprint density at radius 2 is 1.96 bits per heavy atom. The lowest BCUT2D eigenvalue weighted by Crippen LogP contribution is -2.40. The van der Waals surface area contributed by atoms with Crippen molar-refractivity contribution in [3.63, 3.8) is 0 Å². The molecular weight excluding hydrogens is 320 g/mol. The van der Waals surface area contributed by atoms with Crippen LogP contribution in [0, 0.1) is 0 Å². The van der Waals surface area contributed by atoms with Crippen LogP contribution in [0.15, 0.2) is 23.6 Å². The van der Waals surface area contributed by atoms with Gasteiger partial charge in [-0.05, 0) is 75.0 Å². The van der Waals surface area contributed by atoms with Crippen LogP contribution in [-0.2, 0) is 22.9 Å². The predicted molar refractivity (Wildman–Crippen MR) is 101 cm³/mol. The quantitative estimate of drug-likeness (QED) is 0.783. The molecule has 24 heavy (non-hydrogen) atoms. The van der Waals surface area contributed by atoms with Crippen LogP contribution in [-0.4, -0.2) is 39.5 Å². The van der Waals surface area contributed by atoms with E-state index in [1.54, 1.807) is 6.08 Å². The average molecular weight is 351 g/mol. The summed E-state index contributed by atoms with van der Waals surface area (Å²) >= 11 is 0. The third-order valence-electron chi connectivity index (χ3n) is 4.75. The zero-order valence-corrected chi connectivity index (χ0v) is 15.9. The molecule has 1 aliphatic rings. The zero-order valence-electron chi connectivity index (χ0n) is 15.1. The fourth-order valence-corrected chi connectivity index (χ4v) is 4.01. The number of nitrogens with one attached hydrogen (secondary N) is 1. The maximum atomic E-state index is 11.7. The largest absolute Gasteiger partial charge is 0.300 e. The molecule has 1 atom stereocenters. The summed E-state index contributed by atoms with van der Waals surface area (Å²) in [6.45, 7) is 6.74. The van der Waals surface area contributed by atoms with Gasteiger partial charge in [-0.1, -0.05) is 32.0 Å². The maximum absolute atomic E-state index is 11.7. The molecule has 0 amide bonds. The molecule has 4 nitrogen and oxygen atoms in total. The highest BCUT2D eigenvalue weighted by Crippen LogP contribution is 2.28. The van der Waals surface area contributed by atoms with Crippen LogP contribution >= 0.6 is 0 Å². The Kier molecular flexibility index (Phi) is 7.02. The number of nitrogens with zero attached hydrogens (tertiary/aromatic N) is 1. The van der Waals surface area contributed by atoms with E-state index in [-0.39, 0.29) is 0 Å². The SMILES string of the molecule is CCCN(CCC)C1CCc2cccc(/C=C/S(=O)(=O)NC)c2C1. The summed E-state index contributed by atoms with van der Waals surface area (Å²) in [5.74, 6) is 0. The molecule has 1 aromatic rings. The molecule has 5 heteroatoms. The summed E-state index contributed by atoms with van der Waals surface area (Å²) in [5.41, 5.74) is 3.71. The van der Waals surface area contributed by atoms with Crippen molar-refractivity contribution >= 4 is 16.1 Å². The van der Waals surface area contributed by atoms with Crippen LogP contribution in [0.1, 0.15) is 49.8 Å². The number of hydrogen-bond acceptors (Lipinski definition) is 3. The van der Waals surface area contributed by atoms with Crippen molar-refractivity contribution in [2.75, 3.05) is 20.1 Å². The van der Waals surface area contributed by atoms with Gasteiger partial charge < -0.3 is 4.90 Å². The van der Waals surface area contributed by atoms with Gasteiger partial charge in [0.15, 0.2) is 0 Å². The number of fused-ring (bicyclic) bond motifs is 1. The molecule has 1 aromatic carbocycles. The minimum absolute atomic E-state index is 0.563. The Hall–Kier alpha value is -1.17. The number of sulfonamides is 1. The van der Waals surface area contributed by atoms with Gasteiger partial charge in [-0.25, -0.2) is 13.1 Å². The van der Waals surface area contributed by atoms with E-state index in [1.165, 1.54) is 42.8 Å². The summed E-state index contributed by atoms with van der Waals surface area (Å²) in [6.07, 6.45) is 7.35. The first-order valence-corrected chi connectivity index (χ1v) is 10.5. The van der Waals surface area contributed by atoms with E-state index in [2.05, 4.69) is 29.5 Å². The molecule has 0 heterocycles. The standard InChI is InChI=1S/C19H30N2O2S/c1-4-12-21(13-5-2)18-10-9-16-7-6-8-17(19(16)15-18)11-14-24(22,23)20-3/h6-8,11,14,18,20H,4-5,9-10,12-13,15H2,1-3H3/b14-11+. The molecule has 0 bridgehead atoms. The van der Waals surface area contributed by atoms with Gasteiger partial charge in [-0.3, -0.25) is 0 Å². The van der Waals surface area contributed by atoms with Crippen LogP contribution in [0.3, 0.4) is 0 Å². The number of benzene rings is 1. The smallest absolute Gasteiger partial charge is 0.233 e. The summed E-state index contributed by atoms with van der Waals surface area (Å²) < 4.78 is 25.7. The molecule has 0 aromatic heterocycles. The minimum atomic E-state index is -3.33. The van der Waals surface area contributed by atoms with E-state index >= 15 is 0 Å². The third kappa shape index (κ3) is 4.91. The van der Waals surface area contributed by atoms with Gasteiger partial charge in [0.05, 0.1) is 0 Å². The number of rotatable bonds is 8. The Morgan fingerprint density at radius 3 is 2.58 bits per heavy atom. The van der Waals surface area contributed by atoms with Crippen molar-refractivity contribution in [2.24, 2.45) is 0 Å². The topological polar surface area (TPSA) is 49.4 Å². The van der Waals surface area contributed by atoms with Gasteiger partial charge in [-0.2, -0.15) is 0 Å². The molecule has 0 spiro atoms. The van der Waals surface area contributed by atoms with Crippen molar-refractivity contribution in [1.29, 1.82) is 0 Å². The molecule has 2 rings (SSSR count). The van der Waals surface area contributed by atoms with Crippen molar-refractivity contribution in [1.82, 2.24) is 9.62 Å². The zero-order chi connectivity index (χ0) is 17.6. The third-order valence-corrected chi connectivity index (χ3v) is 5.81. The van der Waals surface area contributed by atoms with Crippen LogP contribution in [0.4, 0.5) is 0 Å². The lowest BCUT2D eigenvalue weighted by molar-refractivity contribution is 0.180. The fourth-order valence-electron chi connectivity index (χ4n) is 3.55. The monoisotopic (exact) mass is 350 g/mol. The molecule has 0 aliphatic heterocycles. The lowest BCUT2D eigenvalue weighted by Gasteiger charge is -2.35. The molecule has 0 fully saturated rings. The molecular formula is C19H30N2O2S. The minimum Gasteiger partial charge on any atom is -0.300 e. The van der Waals surface area contributed by atoms with Crippen molar-refractivity contribution in [3.05, 3.63) is 40.3 Å². The maximum Gasteiger partial charge on any atom is 0.233 e. The van der Waals surface area contributed by atoms with E-state index in [1.807, 2.05) is 12.1 Å². The van der Waals surface area contributed by atoms with Gasteiger partial charge in [-0.15, -0.1) is 0 Å². The first-order chi connectivity index (χ1) is 11.5. The van der Waals surface area contributed by atoms with Crippen LogP contribution in [0.25, 0.3) is 6.08 Å². The van der Waals surface area contributed by atoms with Crippen molar-refractivity contribution in [3.8, 4) is 0 Å². The normalized spacial score (nSPS) is 18.2. The van der Waals surface area contributed by atoms with Gasteiger partial charge in [0, 0.05) is 11.4 Å². The summed E-state index contributed by atoms with van der Waals surface area (Å²) in [4.78, 5) is 2.60. The molecule has 134 valence electrons. The van der Waals surface area contributed by atoms with Gasteiger partial charge in [0.2, 0.25) is 10.0 Å². The second-order valence-corrected chi connectivity index (χ2v) is 8.24. The predicted octanol–water partition coefficient (Wildman–Crippen LogP) is 3.19. The van der Waals surface area contributed by atoms with Crippen LogP contribution in [0.2, 0.25) is 0 Å². The second kappa shape index (κ2) is 8.79. The second-order valence-electron chi connectivity index (χ2n) is 6.47. The highest BCUT2D eigenvalue weighted by molar-refractivity contribution is 7.92. The Morgan fingerprint density at radius 1 is 1.25 bits per heavy atom. The molecule has 1 aliphatic carbocycles. The van der Waals surface area contributed by atoms with E-state index in [4.69, 9.17) is 0 Å². The van der Waals surface area contributed by atoms with Gasteiger partial charge >= 0.3 is 0 Å². The summed E-state index contributed by atoms with van der Waals surface area (Å²) in [6, 6.07) is 6.79. The van der Waals surface area contributed by atoms with Crippen molar-refractivity contribution in [2.45, 2.75) is 52.0 Å². The molecule has 1 unspecified atom stereocenters. The summed E-state index contributed by atoms with van der Waals surface area (Å²) in [5, 5.41) is 1.27. The molecule has 0 saturated heterocycles. The van der Waals surface area contributed by atoms with E-state index < -0.39 is 10.0 Å². The van der Waals surface area contributed by atoms with E-state index in [9.17, 15) is 8.42 Å². The summed E-state index contributed by atoms with van der Waals surface area (Å²) in [7, 11) is -1.90. The number of hydrogen-bond donors (Lipinski definition) is 1. The fraction of sp³-hybridized carbons (Fsp3) is 0.579. The van der Waals surface area contributed by atoms with Crippen molar-refractivity contribution < 1.29 is 8.42 Å². The first-order valence-electron chi connectivity index (χ1n) is 8.97. The Bertz CT molecular complexity index is 662. The highest BCUT2D eigenvalue weighted by Gasteiger charge is 2.24. The molecule has 0 saturated carbocycles. The molecule has 1 N–H and O–H groups in total. The first kappa shape index (κ1) is 19.2. The van der Waals surface area contributed by atoms with E-state index in [0.717, 1.165) is 31.5 Å².